The summed E-state index contributed by atoms with van der Waals surface area (Å²) < 4.78 is 150. The van der Waals surface area contributed by atoms with Gasteiger partial charge in [0.2, 0.25) is 5.95 Å². The molecule has 1 atom stereocenters. The van der Waals surface area contributed by atoms with Crippen LogP contribution in [0.5, 0.6) is 5.75 Å². The molecule has 3 aromatic rings. The van der Waals surface area contributed by atoms with Gasteiger partial charge in [0.1, 0.15) is 6.61 Å². The number of benzene rings is 2. The maximum absolute atomic E-state index is 13.6. The van der Waals surface area contributed by atoms with Crippen LogP contribution in [0.15, 0.2) is 48.8 Å². The molecule has 0 aliphatic rings. The zero-order valence-electron chi connectivity index (χ0n) is 23.4. The largest absolute Gasteiger partial charge is 0.489 e. The Morgan fingerprint density at radius 2 is 1.41 bits per heavy atom. The van der Waals surface area contributed by atoms with Crippen LogP contribution in [0.4, 0.5) is 51.1 Å². The van der Waals surface area contributed by atoms with E-state index in [2.05, 4.69) is 15.3 Å². The summed E-state index contributed by atoms with van der Waals surface area (Å²) in [6, 6.07) is 2.48. The number of hydrogen-bond donors (Lipinski definition) is 1. The highest BCUT2D eigenvalue weighted by Crippen LogP contribution is 2.40. The second-order valence-electron chi connectivity index (χ2n) is 9.74. The molecule has 3 rings (SSSR count). The number of nitrogens with zero attached hydrogens (tertiary/aromatic N) is 3. The van der Waals surface area contributed by atoms with Gasteiger partial charge >= 0.3 is 18.5 Å². The Balaban J connectivity index is 2.14. The van der Waals surface area contributed by atoms with Crippen LogP contribution < -0.4 is 15.0 Å². The van der Waals surface area contributed by atoms with E-state index >= 15 is 0 Å². The zero-order chi connectivity index (χ0) is 33.1. The van der Waals surface area contributed by atoms with Gasteiger partial charge in [-0.2, -0.15) is 39.5 Å². The van der Waals surface area contributed by atoms with E-state index in [4.69, 9.17) is 4.74 Å². The van der Waals surface area contributed by atoms with Crippen molar-refractivity contribution in [1.82, 2.24) is 9.97 Å². The maximum Gasteiger partial charge on any atom is 0.416 e. The summed E-state index contributed by atoms with van der Waals surface area (Å²) in [7, 11) is -3.36. The minimum atomic E-state index is -5.14. The molecular formula is C27H27F9N4O3S. The van der Waals surface area contributed by atoms with Crippen LogP contribution in [0.1, 0.15) is 47.7 Å². The monoisotopic (exact) mass is 658 g/mol. The lowest BCUT2D eigenvalue weighted by molar-refractivity contribution is -0.143. The van der Waals surface area contributed by atoms with Crippen molar-refractivity contribution in [1.29, 1.82) is 0 Å². The molecule has 242 valence electrons. The van der Waals surface area contributed by atoms with E-state index in [1.54, 1.807) is 6.92 Å². The van der Waals surface area contributed by atoms with Crippen molar-refractivity contribution in [2.75, 3.05) is 35.4 Å². The fourth-order valence-electron chi connectivity index (χ4n) is 4.07. The first-order chi connectivity index (χ1) is 20.2. The Kier molecular flexibility index (Phi) is 10.3. The highest BCUT2D eigenvalue weighted by Gasteiger charge is 2.38. The van der Waals surface area contributed by atoms with Gasteiger partial charge in [0.05, 0.1) is 40.9 Å². The highest BCUT2D eigenvalue weighted by atomic mass is 32.2. The van der Waals surface area contributed by atoms with Crippen molar-refractivity contribution < 1.29 is 52.7 Å². The molecular weight excluding hydrogens is 631 g/mol. The van der Waals surface area contributed by atoms with Gasteiger partial charge < -0.3 is 15.0 Å². The van der Waals surface area contributed by atoms with Crippen molar-refractivity contribution in [3.63, 3.8) is 0 Å². The zero-order valence-corrected chi connectivity index (χ0v) is 24.2. The van der Waals surface area contributed by atoms with Crippen LogP contribution in [0, 0.1) is 0 Å². The Morgan fingerprint density at radius 1 is 0.864 bits per heavy atom. The smallest absolute Gasteiger partial charge is 0.416 e. The van der Waals surface area contributed by atoms with E-state index in [1.807, 2.05) is 0 Å². The molecule has 0 amide bonds. The van der Waals surface area contributed by atoms with Crippen LogP contribution in [-0.4, -0.2) is 43.5 Å². The molecule has 1 unspecified atom stereocenters. The van der Waals surface area contributed by atoms with E-state index in [1.165, 1.54) is 6.92 Å². The van der Waals surface area contributed by atoms with Crippen LogP contribution in [0.25, 0.3) is 0 Å². The first kappa shape index (κ1) is 34.7. The third-order valence-electron chi connectivity index (χ3n) is 6.29. The van der Waals surface area contributed by atoms with Crippen LogP contribution in [-0.2, 0) is 34.9 Å². The van der Waals surface area contributed by atoms with Gasteiger partial charge in [-0.15, -0.1) is 0 Å². The van der Waals surface area contributed by atoms with Crippen LogP contribution in [0.2, 0.25) is 0 Å². The summed E-state index contributed by atoms with van der Waals surface area (Å²) in [6.07, 6.45) is -11.9. The predicted molar refractivity (Wildman–Crippen MR) is 144 cm³/mol. The molecule has 0 saturated carbocycles. The van der Waals surface area contributed by atoms with Gasteiger partial charge in [-0.3, -0.25) is 0 Å². The normalized spacial score (nSPS) is 13.5. The fraction of sp³-hybridized carbons (Fsp3) is 0.407. The number of rotatable bonds is 11. The molecule has 1 aromatic heterocycles. The quantitative estimate of drug-likeness (QED) is 0.219. The SMILES string of the molecule is CCNc1ccc(C(F)(F)F)cc1CN(c1ncc(OCCS(C)(=O)=O)cn1)C(C)c1cc(C(F)(F)F)cc(C(F)(F)F)c1. The van der Waals surface area contributed by atoms with Gasteiger partial charge in [-0.1, -0.05) is 0 Å². The third kappa shape index (κ3) is 9.37. The molecule has 0 fully saturated rings. The summed E-state index contributed by atoms with van der Waals surface area (Å²) in [5.41, 5.74) is -4.39. The highest BCUT2D eigenvalue weighted by molar-refractivity contribution is 7.90. The van der Waals surface area contributed by atoms with Gasteiger partial charge in [-0.25, -0.2) is 18.4 Å². The molecule has 2 aromatic carbocycles. The summed E-state index contributed by atoms with van der Waals surface area (Å²) in [6.45, 7) is 2.49. The van der Waals surface area contributed by atoms with Crippen LogP contribution >= 0.6 is 0 Å². The summed E-state index contributed by atoms with van der Waals surface area (Å²) in [5.74, 6) is -0.604. The molecule has 0 spiro atoms. The molecule has 0 aliphatic carbocycles. The van der Waals surface area contributed by atoms with E-state index in [0.717, 1.165) is 41.7 Å². The Bertz CT molecular complexity index is 1510. The number of nitrogens with one attached hydrogen (secondary N) is 1. The van der Waals surface area contributed by atoms with E-state index in [9.17, 15) is 47.9 Å². The average molecular weight is 659 g/mol. The lowest BCUT2D eigenvalue weighted by Gasteiger charge is -2.31. The second-order valence-corrected chi connectivity index (χ2v) is 12.0. The second kappa shape index (κ2) is 13.1. The Labute approximate surface area is 247 Å². The van der Waals surface area contributed by atoms with Crippen molar-refractivity contribution in [3.05, 3.63) is 76.6 Å². The number of ether oxygens (including phenoxy) is 1. The number of halogens is 9. The van der Waals surface area contributed by atoms with Gasteiger partial charge in [-0.05, 0) is 61.4 Å². The molecule has 0 aliphatic heterocycles. The molecule has 44 heavy (non-hydrogen) atoms. The standard InChI is InChI=1S/C27H27F9N4O3S/c1-4-37-23-6-5-19(25(28,29)30)11-18(23)15-40(24-38-13-22(14-39-24)43-7-8-44(3,41)42)16(2)17-9-20(26(31,32)33)12-21(10-17)27(34,35)36/h5-6,9-14,16,37H,4,7-8,15H2,1-3H3. The molecule has 7 nitrogen and oxygen atoms in total. The van der Waals surface area contributed by atoms with Gasteiger partial charge in [0, 0.05) is 25.0 Å². The lowest BCUT2D eigenvalue weighted by Crippen LogP contribution is -2.29. The summed E-state index contributed by atoms with van der Waals surface area (Å²) in [4.78, 5) is 9.30. The van der Waals surface area contributed by atoms with E-state index < -0.39 is 63.2 Å². The number of anilines is 2. The van der Waals surface area contributed by atoms with Crippen molar-refractivity contribution in [3.8, 4) is 5.75 Å². The van der Waals surface area contributed by atoms with Gasteiger partial charge in [0.25, 0.3) is 0 Å². The lowest BCUT2D eigenvalue weighted by atomic mass is 9.98. The molecule has 0 radical (unpaired) electrons. The molecule has 17 heteroatoms. The Hall–Kier alpha value is -3.76. The molecule has 1 N–H and O–H groups in total. The molecule has 0 saturated heterocycles. The first-order valence-corrected chi connectivity index (χ1v) is 14.9. The first-order valence-electron chi connectivity index (χ1n) is 12.8. The minimum absolute atomic E-state index is 0.00385. The third-order valence-corrected chi connectivity index (χ3v) is 7.20. The fourth-order valence-corrected chi connectivity index (χ4v) is 4.46. The Morgan fingerprint density at radius 3 is 1.89 bits per heavy atom. The summed E-state index contributed by atoms with van der Waals surface area (Å²) >= 11 is 0. The number of sulfone groups is 1. The van der Waals surface area contributed by atoms with Crippen molar-refractivity contribution in [2.24, 2.45) is 0 Å². The number of aromatic nitrogens is 2. The number of hydrogen-bond acceptors (Lipinski definition) is 7. The maximum atomic E-state index is 13.6. The molecule has 1 heterocycles. The van der Waals surface area contributed by atoms with Crippen LogP contribution in [0.3, 0.4) is 0 Å². The van der Waals surface area contributed by atoms with E-state index in [-0.39, 0.29) is 47.9 Å². The number of alkyl halides is 9. The van der Waals surface area contributed by atoms with Crippen molar-refractivity contribution >= 4 is 21.5 Å². The predicted octanol–water partition coefficient (Wildman–Crippen LogP) is 7.16. The average Bonchev–Trinajstić information content (AvgIpc) is 2.90. The topological polar surface area (TPSA) is 84.4 Å². The summed E-state index contributed by atoms with van der Waals surface area (Å²) in [5, 5.41) is 2.89. The molecule has 0 bridgehead atoms. The minimum Gasteiger partial charge on any atom is -0.489 e. The van der Waals surface area contributed by atoms with Crippen molar-refractivity contribution in [2.45, 2.75) is 45.0 Å². The van der Waals surface area contributed by atoms with Gasteiger partial charge in [0.15, 0.2) is 15.6 Å². The van der Waals surface area contributed by atoms with E-state index in [0.29, 0.717) is 12.1 Å².